The monoisotopic (exact) mass is 427 g/mol. The van der Waals surface area contributed by atoms with Gasteiger partial charge in [0.15, 0.2) is 5.82 Å². The van der Waals surface area contributed by atoms with Crippen LogP contribution in [-0.4, -0.2) is 20.7 Å². The second kappa shape index (κ2) is 6.62. The Bertz CT molecular complexity index is 1060. The van der Waals surface area contributed by atoms with Crippen molar-refractivity contribution < 1.29 is 9.18 Å². The van der Waals surface area contributed by atoms with Gasteiger partial charge in [-0.15, -0.1) is 5.10 Å². The van der Waals surface area contributed by atoms with Crippen molar-refractivity contribution in [1.29, 1.82) is 0 Å². The molecule has 8 heteroatoms. The molecule has 0 saturated carbocycles. The van der Waals surface area contributed by atoms with Crippen LogP contribution in [0.4, 0.5) is 10.3 Å². The molecule has 1 aliphatic rings. The molecule has 1 amide bonds. The number of hydrogen-bond acceptors (Lipinski definition) is 4. The van der Waals surface area contributed by atoms with E-state index in [9.17, 15) is 9.18 Å². The van der Waals surface area contributed by atoms with Gasteiger partial charge in [-0.1, -0.05) is 28.1 Å². The summed E-state index contributed by atoms with van der Waals surface area (Å²) in [5.74, 6) is 0.0578. The van der Waals surface area contributed by atoms with Crippen LogP contribution >= 0.6 is 15.9 Å². The number of hydrogen-bond donors (Lipinski definition) is 2. The van der Waals surface area contributed by atoms with Crippen LogP contribution in [0.1, 0.15) is 18.5 Å². The summed E-state index contributed by atoms with van der Waals surface area (Å²) in [6, 6.07) is 13.0. The molecule has 1 aliphatic heterocycles. The maximum atomic E-state index is 13.2. The van der Waals surface area contributed by atoms with Crippen LogP contribution in [0.15, 0.2) is 64.3 Å². The predicted molar refractivity (Wildman–Crippen MR) is 103 cm³/mol. The first kappa shape index (κ1) is 17.4. The number of allylic oxidation sites excluding steroid dienone is 1. The Kier molecular flexibility index (Phi) is 4.27. The smallest absolute Gasteiger partial charge is 0.248 e. The Morgan fingerprint density at radius 3 is 2.48 bits per heavy atom. The zero-order chi connectivity index (χ0) is 19.1. The molecule has 27 heavy (non-hydrogen) atoms. The van der Waals surface area contributed by atoms with Crippen molar-refractivity contribution in [2.75, 3.05) is 5.32 Å². The van der Waals surface area contributed by atoms with E-state index in [1.165, 1.54) is 12.1 Å². The van der Waals surface area contributed by atoms with Crippen molar-refractivity contribution >= 4 is 27.8 Å². The topological polar surface area (TPSA) is 85.8 Å². The quantitative estimate of drug-likeness (QED) is 0.668. The summed E-state index contributed by atoms with van der Waals surface area (Å²) >= 11 is 3.42. The van der Waals surface area contributed by atoms with Crippen LogP contribution in [0, 0.1) is 5.82 Å². The minimum absolute atomic E-state index is 0.331. The second-order valence-electron chi connectivity index (χ2n) is 6.19. The molecule has 1 atom stereocenters. The molecule has 0 bridgehead atoms. The fourth-order valence-electron chi connectivity index (χ4n) is 3.14. The summed E-state index contributed by atoms with van der Waals surface area (Å²) in [7, 11) is 0. The number of fused-ring (bicyclic) bond motifs is 1. The number of nitrogens with one attached hydrogen (secondary N) is 1. The zero-order valence-corrected chi connectivity index (χ0v) is 15.9. The number of halogens is 2. The molecule has 1 aromatic heterocycles. The van der Waals surface area contributed by atoms with Crippen molar-refractivity contribution in [1.82, 2.24) is 14.8 Å². The Labute approximate surface area is 163 Å². The molecule has 0 radical (unpaired) electrons. The Hall–Kier alpha value is -3.00. The maximum Gasteiger partial charge on any atom is 0.248 e. The molecule has 0 spiro atoms. The molecular formula is C19H15BrFN5O. The summed E-state index contributed by atoms with van der Waals surface area (Å²) in [5.41, 5.74) is 8.23. The van der Waals surface area contributed by atoms with Crippen LogP contribution in [0.25, 0.3) is 11.4 Å². The number of carbonyl (C=O) groups excluding carboxylic acids is 1. The van der Waals surface area contributed by atoms with Crippen molar-refractivity contribution in [2.45, 2.75) is 13.0 Å². The molecule has 6 nitrogen and oxygen atoms in total. The van der Waals surface area contributed by atoms with Crippen LogP contribution in [0.5, 0.6) is 0 Å². The first-order valence-corrected chi connectivity index (χ1v) is 8.99. The Morgan fingerprint density at radius 1 is 1.19 bits per heavy atom. The van der Waals surface area contributed by atoms with Crippen molar-refractivity contribution in [2.24, 2.45) is 5.73 Å². The average Bonchev–Trinajstić information content (AvgIpc) is 3.05. The van der Waals surface area contributed by atoms with Gasteiger partial charge in [-0.3, -0.25) is 4.79 Å². The highest BCUT2D eigenvalue weighted by molar-refractivity contribution is 9.10. The van der Waals surface area contributed by atoms with E-state index in [2.05, 4.69) is 31.3 Å². The minimum Gasteiger partial charge on any atom is -0.366 e. The number of primary amides is 1. The van der Waals surface area contributed by atoms with Gasteiger partial charge in [0.05, 0.1) is 5.57 Å². The van der Waals surface area contributed by atoms with Gasteiger partial charge in [0.25, 0.3) is 0 Å². The van der Waals surface area contributed by atoms with Gasteiger partial charge < -0.3 is 11.1 Å². The van der Waals surface area contributed by atoms with Crippen molar-refractivity contribution in [3.63, 3.8) is 0 Å². The van der Waals surface area contributed by atoms with Gasteiger partial charge in [0.2, 0.25) is 11.9 Å². The van der Waals surface area contributed by atoms with Gasteiger partial charge in [0, 0.05) is 15.7 Å². The molecule has 0 fully saturated rings. The summed E-state index contributed by atoms with van der Waals surface area (Å²) in [6.45, 7) is 1.78. The van der Waals surface area contributed by atoms with Gasteiger partial charge in [0.1, 0.15) is 11.9 Å². The van der Waals surface area contributed by atoms with E-state index in [0.717, 1.165) is 10.0 Å². The van der Waals surface area contributed by atoms with Crippen LogP contribution in [0.2, 0.25) is 0 Å². The molecule has 3 N–H and O–H groups in total. The van der Waals surface area contributed by atoms with E-state index < -0.39 is 11.9 Å². The lowest BCUT2D eigenvalue weighted by molar-refractivity contribution is -0.115. The van der Waals surface area contributed by atoms with Gasteiger partial charge >= 0.3 is 0 Å². The van der Waals surface area contributed by atoms with Gasteiger partial charge in [-0.05, 0) is 48.9 Å². The molecule has 1 unspecified atom stereocenters. The minimum atomic E-state index is -0.530. The number of aromatic nitrogens is 3. The first-order chi connectivity index (χ1) is 12.9. The molecule has 2 heterocycles. The van der Waals surface area contributed by atoms with Crippen LogP contribution < -0.4 is 11.1 Å². The lowest BCUT2D eigenvalue weighted by atomic mass is 9.95. The summed E-state index contributed by atoms with van der Waals surface area (Å²) in [4.78, 5) is 16.7. The van der Waals surface area contributed by atoms with E-state index in [1.807, 2.05) is 24.3 Å². The SMILES string of the molecule is CC1=C(C(N)=O)C(c2ccc(Br)cc2)n2nc(-c3ccc(F)cc3)nc2N1. The highest BCUT2D eigenvalue weighted by Gasteiger charge is 2.33. The van der Waals surface area contributed by atoms with Gasteiger partial charge in [-0.2, -0.15) is 4.98 Å². The fourth-order valence-corrected chi connectivity index (χ4v) is 3.41. The third-order valence-electron chi connectivity index (χ3n) is 4.41. The standard InChI is InChI=1S/C19H15BrFN5O/c1-10-15(17(22)27)16(11-2-6-13(20)7-3-11)26-19(23-10)24-18(25-26)12-4-8-14(21)9-5-12/h2-9,16H,1H3,(H2,22,27)(H,23,24,25). The number of carbonyl (C=O) groups is 1. The van der Waals surface area contributed by atoms with E-state index in [-0.39, 0.29) is 5.82 Å². The van der Waals surface area contributed by atoms with Crippen LogP contribution in [0.3, 0.4) is 0 Å². The molecule has 2 aromatic carbocycles. The predicted octanol–water partition coefficient (Wildman–Crippen LogP) is 3.62. The van der Waals surface area contributed by atoms with Crippen LogP contribution in [-0.2, 0) is 4.79 Å². The fraction of sp³-hybridized carbons (Fsp3) is 0.105. The van der Waals surface area contributed by atoms with E-state index in [1.54, 1.807) is 23.7 Å². The second-order valence-corrected chi connectivity index (χ2v) is 7.11. The largest absolute Gasteiger partial charge is 0.366 e. The highest BCUT2D eigenvalue weighted by atomic mass is 79.9. The molecule has 3 aromatic rings. The van der Waals surface area contributed by atoms with E-state index in [4.69, 9.17) is 5.73 Å². The number of benzene rings is 2. The number of rotatable bonds is 3. The summed E-state index contributed by atoms with van der Waals surface area (Å²) < 4.78 is 15.8. The number of nitrogens with two attached hydrogens (primary N) is 1. The number of nitrogens with zero attached hydrogens (tertiary/aromatic N) is 3. The highest BCUT2D eigenvalue weighted by Crippen LogP contribution is 2.36. The third kappa shape index (κ3) is 3.12. The lowest BCUT2D eigenvalue weighted by Crippen LogP contribution is -2.31. The third-order valence-corrected chi connectivity index (χ3v) is 4.93. The Morgan fingerprint density at radius 2 is 1.85 bits per heavy atom. The molecule has 4 rings (SSSR count). The first-order valence-electron chi connectivity index (χ1n) is 8.19. The maximum absolute atomic E-state index is 13.2. The molecule has 0 aliphatic carbocycles. The molecule has 0 saturated heterocycles. The van der Waals surface area contributed by atoms with Gasteiger partial charge in [-0.25, -0.2) is 9.07 Å². The van der Waals surface area contributed by atoms with E-state index in [0.29, 0.717) is 28.6 Å². The lowest BCUT2D eigenvalue weighted by Gasteiger charge is -2.27. The average molecular weight is 428 g/mol. The Balaban J connectivity index is 1.87. The summed E-state index contributed by atoms with van der Waals surface area (Å²) in [5, 5.41) is 7.65. The van der Waals surface area contributed by atoms with Crippen molar-refractivity contribution in [3.8, 4) is 11.4 Å². The molecular weight excluding hydrogens is 413 g/mol. The summed E-state index contributed by atoms with van der Waals surface area (Å²) in [6.07, 6.45) is 0. The van der Waals surface area contributed by atoms with Crippen molar-refractivity contribution in [3.05, 3.63) is 75.7 Å². The molecule has 136 valence electrons. The van der Waals surface area contributed by atoms with E-state index >= 15 is 0 Å². The normalized spacial score (nSPS) is 16.0. The number of anilines is 1. The number of amides is 1. The zero-order valence-electron chi connectivity index (χ0n) is 14.3.